The van der Waals surface area contributed by atoms with Crippen molar-refractivity contribution < 1.29 is 0 Å². The van der Waals surface area contributed by atoms with E-state index in [1.54, 1.807) is 0 Å². The Bertz CT molecular complexity index is 357. The Hall–Kier alpha value is -0.0900. The smallest absolute Gasteiger partial charge is 0.0234 e. The SMILES string of the molecule is CC(N)C1CCN(Cc2cccc(Br)c2)C1.Cl. The summed E-state index contributed by atoms with van der Waals surface area (Å²) in [7, 11) is 0. The third-order valence-corrected chi connectivity index (χ3v) is 3.84. The van der Waals surface area contributed by atoms with Gasteiger partial charge < -0.3 is 5.73 Å². The van der Waals surface area contributed by atoms with E-state index < -0.39 is 0 Å². The van der Waals surface area contributed by atoms with Crippen LogP contribution in [0.1, 0.15) is 18.9 Å². The molecule has 2 nitrogen and oxygen atoms in total. The predicted octanol–water partition coefficient (Wildman–Crippen LogP) is 3.04. The van der Waals surface area contributed by atoms with Crippen molar-refractivity contribution in [2.24, 2.45) is 11.7 Å². The zero-order valence-electron chi connectivity index (χ0n) is 10.1. The van der Waals surface area contributed by atoms with E-state index >= 15 is 0 Å². The molecule has 0 radical (unpaired) electrons. The van der Waals surface area contributed by atoms with E-state index in [1.807, 2.05) is 0 Å². The molecule has 0 aromatic heterocycles. The first-order valence-corrected chi connectivity index (χ1v) is 6.67. The van der Waals surface area contributed by atoms with E-state index in [4.69, 9.17) is 5.73 Å². The van der Waals surface area contributed by atoms with Crippen LogP contribution in [0, 0.1) is 5.92 Å². The maximum atomic E-state index is 5.94. The number of benzene rings is 1. The van der Waals surface area contributed by atoms with Crippen molar-refractivity contribution in [3.8, 4) is 0 Å². The van der Waals surface area contributed by atoms with Gasteiger partial charge in [0.2, 0.25) is 0 Å². The van der Waals surface area contributed by atoms with Crippen LogP contribution < -0.4 is 5.73 Å². The lowest BCUT2D eigenvalue weighted by molar-refractivity contribution is 0.308. The second-order valence-electron chi connectivity index (χ2n) is 4.77. The van der Waals surface area contributed by atoms with Gasteiger partial charge in [-0.1, -0.05) is 28.1 Å². The first-order valence-electron chi connectivity index (χ1n) is 5.87. The molecular weight excluding hydrogens is 300 g/mol. The zero-order valence-corrected chi connectivity index (χ0v) is 12.5. The molecule has 1 aliphatic heterocycles. The molecule has 1 aromatic carbocycles. The Morgan fingerprint density at radius 1 is 1.53 bits per heavy atom. The number of hydrogen-bond acceptors (Lipinski definition) is 2. The lowest BCUT2D eigenvalue weighted by atomic mass is 10.0. The fourth-order valence-electron chi connectivity index (χ4n) is 2.33. The molecule has 0 aliphatic carbocycles. The molecule has 1 aromatic rings. The van der Waals surface area contributed by atoms with Crippen molar-refractivity contribution in [2.75, 3.05) is 13.1 Å². The molecule has 0 bridgehead atoms. The number of nitrogens with two attached hydrogens (primary N) is 1. The van der Waals surface area contributed by atoms with Crippen LogP contribution in [0.5, 0.6) is 0 Å². The van der Waals surface area contributed by atoms with E-state index in [1.165, 1.54) is 18.5 Å². The van der Waals surface area contributed by atoms with Gasteiger partial charge in [0.05, 0.1) is 0 Å². The quantitative estimate of drug-likeness (QED) is 0.928. The summed E-state index contributed by atoms with van der Waals surface area (Å²) in [5.74, 6) is 0.673. The van der Waals surface area contributed by atoms with Crippen LogP contribution in [0.2, 0.25) is 0 Å². The summed E-state index contributed by atoms with van der Waals surface area (Å²) in [6.45, 7) is 5.48. The molecule has 1 heterocycles. The van der Waals surface area contributed by atoms with Gasteiger partial charge in [0.25, 0.3) is 0 Å². The van der Waals surface area contributed by atoms with Crippen molar-refractivity contribution >= 4 is 28.3 Å². The summed E-state index contributed by atoms with van der Waals surface area (Å²) in [5, 5.41) is 0. The van der Waals surface area contributed by atoms with E-state index in [9.17, 15) is 0 Å². The molecule has 2 rings (SSSR count). The lowest BCUT2D eigenvalue weighted by Gasteiger charge is -2.17. The molecule has 0 saturated carbocycles. The van der Waals surface area contributed by atoms with Gasteiger partial charge in [-0.15, -0.1) is 12.4 Å². The second-order valence-corrected chi connectivity index (χ2v) is 5.69. The number of likely N-dealkylation sites (tertiary alicyclic amines) is 1. The maximum absolute atomic E-state index is 5.94. The summed E-state index contributed by atoms with van der Waals surface area (Å²) in [4.78, 5) is 2.50. The third kappa shape index (κ3) is 4.25. The van der Waals surface area contributed by atoms with Crippen molar-refractivity contribution in [3.63, 3.8) is 0 Å². The van der Waals surface area contributed by atoms with Crippen LogP contribution in [0.4, 0.5) is 0 Å². The zero-order chi connectivity index (χ0) is 11.5. The van der Waals surface area contributed by atoms with Gasteiger partial charge >= 0.3 is 0 Å². The Kier molecular flexibility index (Phi) is 5.93. The highest BCUT2D eigenvalue weighted by atomic mass is 79.9. The molecule has 0 amide bonds. The second kappa shape index (κ2) is 6.74. The third-order valence-electron chi connectivity index (χ3n) is 3.35. The minimum absolute atomic E-state index is 0. The molecule has 4 heteroatoms. The lowest BCUT2D eigenvalue weighted by Crippen LogP contribution is -2.29. The maximum Gasteiger partial charge on any atom is 0.0234 e. The Labute approximate surface area is 118 Å². The Balaban J connectivity index is 0.00000144. The van der Waals surface area contributed by atoms with E-state index in [0.717, 1.165) is 17.6 Å². The largest absolute Gasteiger partial charge is 0.328 e. The van der Waals surface area contributed by atoms with Crippen LogP contribution in [0.3, 0.4) is 0 Å². The number of halogens is 2. The van der Waals surface area contributed by atoms with Crippen LogP contribution in [0.25, 0.3) is 0 Å². The average Bonchev–Trinajstić information content (AvgIpc) is 2.66. The molecular formula is C13H20BrClN2. The molecule has 2 atom stereocenters. The van der Waals surface area contributed by atoms with E-state index in [0.29, 0.717) is 12.0 Å². The van der Waals surface area contributed by atoms with Gasteiger partial charge in [0.1, 0.15) is 0 Å². The molecule has 0 spiro atoms. The summed E-state index contributed by atoms with van der Waals surface area (Å²) in [6.07, 6.45) is 1.24. The highest BCUT2D eigenvalue weighted by Crippen LogP contribution is 2.21. The van der Waals surface area contributed by atoms with Gasteiger partial charge in [-0.25, -0.2) is 0 Å². The molecule has 2 N–H and O–H groups in total. The van der Waals surface area contributed by atoms with Crippen molar-refractivity contribution in [1.82, 2.24) is 4.90 Å². The Morgan fingerprint density at radius 2 is 2.29 bits per heavy atom. The Morgan fingerprint density at radius 3 is 2.88 bits per heavy atom. The minimum atomic E-state index is 0. The number of nitrogens with zero attached hydrogens (tertiary/aromatic N) is 1. The van der Waals surface area contributed by atoms with Crippen LogP contribution in [-0.4, -0.2) is 24.0 Å². The number of rotatable bonds is 3. The average molecular weight is 320 g/mol. The van der Waals surface area contributed by atoms with E-state index in [2.05, 4.69) is 52.0 Å². The molecule has 96 valence electrons. The fraction of sp³-hybridized carbons (Fsp3) is 0.538. The molecule has 1 aliphatic rings. The first-order chi connectivity index (χ1) is 7.65. The fourth-order valence-corrected chi connectivity index (χ4v) is 2.78. The van der Waals surface area contributed by atoms with Gasteiger partial charge in [-0.3, -0.25) is 4.90 Å². The van der Waals surface area contributed by atoms with Crippen molar-refractivity contribution in [1.29, 1.82) is 0 Å². The summed E-state index contributed by atoms with van der Waals surface area (Å²) in [6, 6.07) is 8.87. The van der Waals surface area contributed by atoms with Gasteiger partial charge in [0, 0.05) is 23.6 Å². The first kappa shape index (κ1) is 15.0. The summed E-state index contributed by atoms with van der Waals surface area (Å²) >= 11 is 3.51. The van der Waals surface area contributed by atoms with E-state index in [-0.39, 0.29) is 12.4 Å². The standard InChI is InChI=1S/C13H19BrN2.ClH/c1-10(15)12-5-6-16(9-12)8-11-3-2-4-13(14)7-11;/h2-4,7,10,12H,5-6,8-9,15H2,1H3;1H. The minimum Gasteiger partial charge on any atom is -0.328 e. The van der Waals surface area contributed by atoms with Crippen LogP contribution >= 0.6 is 28.3 Å². The highest BCUT2D eigenvalue weighted by molar-refractivity contribution is 9.10. The topological polar surface area (TPSA) is 29.3 Å². The monoisotopic (exact) mass is 318 g/mol. The van der Waals surface area contributed by atoms with Gasteiger partial charge in [-0.05, 0) is 43.5 Å². The molecule has 17 heavy (non-hydrogen) atoms. The predicted molar refractivity (Wildman–Crippen MR) is 78.4 cm³/mol. The summed E-state index contributed by atoms with van der Waals surface area (Å²) in [5.41, 5.74) is 7.32. The van der Waals surface area contributed by atoms with Crippen molar-refractivity contribution in [2.45, 2.75) is 25.9 Å². The van der Waals surface area contributed by atoms with Crippen LogP contribution in [0.15, 0.2) is 28.7 Å². The highest BCUT2D eigenvalue weighted by Gasteiger charge is 2.24. The van der Waals surface area contributed by atoms with Gasteiger partial charge in [-0.2, -0.15) is 0 Å². The number of hydrogen-bond donors (Lipinski definition) is 1. The van der Waals surface area contributed by atoms with Crippen molar-refractivity contribution in [3.05, 3.63) is 34.3 Å². The molecule has 2 unspecified atom stereocenters. The molecule has 1 saturated heterocycles. The summed E-state index contributed by atoms with van der Waals surface area (Å²) < 4.78 is 1.16. The normalized spacial score (nSPS) is 22.2. The van der Waals surface area contributed by atoms with Gasteiger partial charge in [0.15, 0.2) is 0 Å². The van der Waals surface area contributed by atoms with Crippen LogP contribution in [-0.2, 0) is 6.54 Å². The molecule has 1 fully saturated rings.